The van der Waals surface area contributed by atoms with E-state index in [0.717, 1.165) is 21.7 Å². The highest BCUT2D eigenvalue weighted by molar-refractivity contribution is 7.89. The fourth-order valence-electron chi connectivity index (χ4n) is 2.97. The van der Waals surface area contributed by atoms with E-state index >= 15 is 0 Å². The van der Waals surface area contributed by atoms with Crippen molar-refractivity contribution in [2.75, 3.05) is 20.6 Å². The molecule has 31 heavy (non-hydrogen) atoms. The van der Waals surface area contributed by atoms with Crippen LogP contribution in [0.1, 0.15) is 26.7 Å². The lowest BCUT2D eigenvalue weighted by Gasteiger charge is -2.16. The summed E-state index contributed by atoms with van der Waals surface area (Å²) >= 11 is 0. The van der Waals surface area contributed by atoms with E-state index in [-0.39, 0.29) is 17.0 Å². The molecule has 170 valence electrons. The average molecular weight is 454 g/mol. The van der Waals surface area contributed by atoms with Crippen molar-refractivity contribution in [1.82, 2.24) is 24.1 Å². The second kappa shape index (κ2) is 9.88. The van der Waals surface area contributed by atoms with Crippen LogP contribution in [-0.4, -0.2) is 54.4 Å². The molecule has 0 atom stereocenters. The van der Waals surface area contributed by atoms with E-state index < -0.39 is 39.6 Å². The van der Waals surface area contributed by atoms with Gasteiger partial charge in [0.15, 0.2) is 0 Å². The molecule has 3 amide bonds. The number of hydrogen-bond acceptors (Lipinski definition) is 6. The van der Waals surface area contributed by atoms with E-state index in [1.807, 2.05) is 6.92 Å². The van der Waals surface area contributed by atoms with Crippen molar-refractivity contribution in [3.05, 3.63) is 38.9 Å². The van der Waals surface area contributed by atoms with Crippen molar-refractivity contribution in [2.24, 2.45) is 0 Å². The van der Waals surface area contributed by atoms with Crippen LogP contribution in [0, 0.1) is 0 Å². The predicted octanol–water partition coefficient (Wildman–Crippen LogP) is 0.0593. The van der Waals surface area contributed by atoms with Gasteiger partial charge in [0, 0.05) is 27.2 Å². The molecule has 0 aliphatic heterocycles. The van der Waals surface area contributed by atoms with E-state index in [1.54, 1.807) is 6.92 Å². The Morgan fingerprint density at radius 1 is 1.03 bits per heavy atom. The normalized spacial score (nSPS) is 11.6. The van der Waals surface area contributed by atoms with E-state index in [0.29, 0.717) is 12.1 Å². The third-order valence-corrected chi connectivity index (χ3v) is 6.48. The van der Waals surface area contributed by atoms with Gasteiger partial charge in [-0.1, -0.05) is 13.3 Å². The van der Waals surface area contributed by atoms with Crippen LogP contribution in [0.5, 0.6) is 0 Å². The molecule has 2 rings (SSSR count). The molecule has 0 saturated carbocycles. The van der Waals surface area contributed by atoms with Crippen LogP contribution in [0.15, 0.2) is 32.7 Å². The largest absolute Gasteiger partial charge is 0.338 e. The summed E-state index contributed by atoms with van der Waals surface area (Å²) in [6, 6.07) is 3.28. The minimum Gasteiger partial charge on any atom is -0.338 e. The Morgan fingerprint density at radius 3 is 2.26 bits per heavy atom. The van der Waals surface area contributed by atoms with Crippen molar-refractivity contribution in [2.45, 2.75) is 44.7 Å². The summed E-state index contributed by atoms with van der Waals surface area (Å²) in [5, 5.41) is 4.62. The molecule has 12 heteroatoms. The molecule has 0 aliphatic carbocycles. The van der Waals surface area contributed by atoms with Crippen LogP contribution < -0.4 is 21.8 Å². The lowest BCUT2D eigenvalue weighted by molar-refractivity contribution is -0.120. The third kappa shape index (κ3) is 5.20. The Morgan fingerprint density at radius 2 is 1.68 bits per heavy atom. The minimum absolute atomic E-state index is 0.0934. The van der Waals surface area contributed by atoms with Gasteiger partial charge in [0.25, 0.3) is 0 Å². The Bertz CT molecular complexity index is 1210. The second-order valence-corrected chi connectivity index (χ2v) is 9.19. The lowest BCUT2D eigenvalue weighted by Crippen LogP contribution is -2.46. The maximum Gasteiger partial charge on any atom is 0.321 e. The highest BCUT2D eigenvalue weighted by Crippen LogP contribution is 2.19. The second-order valence-electron chi connectivity index (χ2n) is 7.04. The molecule has 2 aromatic rings. The van der Waals surface area contributed by atoms with E-state index in [1.165, 1.54) is 36.9 Å². The number of nitrogens with zero attached hydrogens (tertiary/aromatic N) is 3. The van der Waals surface area contributed by atoms with E-state index in [2.05, 4.69) is 10.6 Å². The quantitative estimate of drug-likeness (QED) is 0.428. The first-order chi connectivity index (χ1) is 14.5. The summed E-state index contributed by atoms with van der Waals surface area (Å²) in [6.45, 7) is 3.56. The SMILES string of the molecule is CCCCNC(=O)NC(=O)Cn1c(=O)c(=O)n(CC)c2ccc(S(=O)(=O)N(C)C)cc21. The van der Waals surface area contributed by atoms with Crippen LogP contribution in [0.3, 0.4) is 0 Å². The van der Waals surface area contributed by atoms with Gasteiger partial charge in [0.1, 0.15) is 6.54 Å². The van der Waals surface area contributed by atoms with Gasteiger partial charge in [0.05, 0.1) is 15.9 Å². The first kappa shape index (κ1) is 24.3. The molecule has 0 bridgehead atoms. The number of urea groups is 1. The Hall–Kier alpha value is -2.99. The summed E-state index contributed by atoms with van der Waals surface area (Å²) in [6.07, 6.45) is 1.60. The molecular formula is C19H27N5O6S. The third-order valence-electron chi connectivity index (χ3n) is 4.67. The number of hydrogen-bond donors (Lipinski definition) is 2. The molecular weight excluding hydrogens is 426 g/mol. The number of imide groups is 1. The van der Waals surface area contributed by atoms with Gasteiger partial charge in [-0.2, -0.15) is 0 Å². The van der Waals surface area contributed by atoms with Crippen LogP contribution in [0.25, 0.3) is 11.0 Å². The first-order valence-corrected chi connectivity index (χ1v) is 11.3. The molecule has 0 unspecified atom stereocenters. The van der Waals surface area contributed by atoms with Crippen molar-refractivity contribution in [3.63, 3.8) is 0 Å². The molecule has 1 heterocycles. The summed E-state index contributed by atoms with van der Waals surface area (Å²) in [5.74, 6) is -0.813. The number of rotatable bonds is 8. The number of nitrogens with one attached hydrogen (secondary N) is 2. The van der Waals surface area contributed by atoms with Crippen LogP contribution in [0.4, 0.5) is 4.79 Å². The zero-order valence-electron chi connectivity index (χ0n) is 18.0. The smallest absolute Gasteiger partial charge is 0.321 e. The van der Waals surface area contributed by atoms with Crippen molar-refractivity contribution in [3.8, 4) is 0 Å². The zero-order valence-corrected chi connectivity index (χ0v) is 18.8. The maximum atomic E-state index is 12.7. The highest BCUT2D eigenvalue weighted by Gasteiger charge is 2.21. The van der Waals surface area contributed by atoms with Gasteiger partial charge < -0.3 is 9.88 Å². The van der Waals surface area contributed by atoms with Gasteiger partial charge in [0.2, 0.25) is 15.9 Å². The van der Waals surface area contributed by atoms with Crippen molar-refractivity contribution in [1.29, 1.82) is 0 Å². The van der Waals surface area contributed by atoms with Gasteiger partial charge in [-0.15, -0.1) is 0 Å². The number of amides is 3. The lowest BCUT2D eigenvalue weighted by atomic mass is 10.2. The summed E-state index contributed by atoms with van der Waals surface area (Å²) in [7, 11) is -1.09. The number of benzene rings is 1. The zero-order chi connectivity index (χ0) is 23.3. The number of carbonyl (C=O) groups excluding carboxylic acids is 2. The Balaban J connectivity index is 2.55. The molecule has 1 aromatic carbocycles. The predicted molar refractivity (Wildman–Crippen MR) is 115 cm³/mol. The van der Waals surface area contributed by atoms with E-state index in [4.69, 9.17) is 0 Å². The Labute approximate surface area is 179 Å². The number of sulfonamides is 1. The minimum atomic E-state index is -3.82. The number of fused-ring (bicyclic) bond motifs is 1. The molecule has 0 saturated heterocycles. The van der Waals surface area contributed by atoms with Crippen LogP contribution >= 0.6 is 0 Å². The van der Waals surface area contributed by atoms with Crippen LogP contribution in [0.2, 0.25) is 0 Å². The summed E-state index contributed by atoms with van der Waals surface area (Å²) in [5.41, 5.74) is -1.45. The van der Waals surface area contributed by atoms with E-state index in [9.17, 15) is 27.6 Å². The number of aromatic nitrogens is 2. The molecule has 0 aliphatic rings. The monoisotopic (exact) mass is 453 g/mol. The first-order valence-electron chi connectivity index (χ1n) is 9.82. The summed E-state index contributed by atoms with van der Waals surface area (Å²) < 4.78 is 28.1. The number of unbranched alkanes of at least 4 members (excludes halogenated alkanes) is 1. The van der Waals surface area contributed by atoms with Gasteiger partial charge in [-0.25, -0.2) is 17.5 Å². The topological polar surface area (TPSA) is 140 Å². The van der Waals surface area contributed by atoms with Crippen molar-refractivity contribution >= 4 is 33.0 Å². The maximum absolute atomic E-state index is 12.7. The average Bonchev–Trinajstić information content (AvgIpc) is 2.71. The Kier molecular flexibility index (Phi) is 7.74. The van der Waals surface area contributed by atoms with Gasteiger partial charge in [-0.05, 0) is 31.5 Å². The highest BCUT2D eigenvalue weighted by atomic mass is 32.2. The molecule has 0 radical (unpaired) electrons. The molecule has 0 spiro atoms. The fraction of sp³-hybridized carbons (Fsp3) is 0.474. The molecule has 1 aromatic heterocycles. The van der Waals surface area contributed by atoms with Gasteiger partial charge in [-0.3, -0.25) is 24.3 Å². The summed E-state index contributed by atoms with van der Waals surface area (Å²) in [4.78, 5) is 49.2. The molecule has 0 fully saturated rings. The number of aryl methyl sites for hydroxylation is 1. The van der Waals surface area contributed by atoms with Gasteiger partial charge >= 0.3 is 17.1 Å². The van der Waals surface area contributed by atoms with Crippen molar-refractivity contribution < 1.29 is 18.0 Å². The van der Waals surface area contributed by atoms with Crippen LogP contribution in [-0.2, 0) is 27.9 Å². The number of carbonyl (C=O) groups is 2. The standard InChI is InChI=1S/C19H27N5O6S/c1-5-7-10-20-19(28)21-16(25)12-24-15-11-13(31(29,30)22(3)4)8-9-14(15)23(6-2)17(26)18(24)27/h8-9,11H,5-7,10,12H2,1-4H3,(H2,20,21,25,28). The fourth-order valence-corrected chi connectivity index (χ4v) is 3.89. The molecule has 2 N–H and O–H groups in total. The molecule has 11 nitrogen and oxygen atoms in total.